The van der Waals surface area contributed by atoms with Gasteiger partial charge < -0.3 is 5.32 Å². The zero-order chi connectivity index (χ0) is 13.9. The molecule has 1 aromatic heterocycles. The summed E-state index contributed by atoms with van der Waals surface area (Å²) in [5, 5.41) is 6.89. The maximum Gasteiger partial charge on any atom is 0.0652 e. The van der Waals surface area contributed by atoms with Crippen LogP contribution in [0.5, 0.6) is 0 Å². The molecule has 0 atom stereocenters. The van der Waals surface area contributed by atoms with Crippen molar-refractivity contribution < 1.29 is 0 Å². The molecule has 2 aromatic carbocycles. The van der Waals surface area contributed by atoms with Crippen molar-refractivity contribution in [2.75, 3.05) is 5.32 Å². The molecule has 0 fully saturated rings. The van der Waals surface area contributed by atoms with Crippen molar-refractivity contribution in [3.63, 3.8) is 0 Å². The highest BCUT2D eigenvalue weighted by Gasteiger charge is 2.04. The maximum atomic E-state index is 6.15. The van der Waals surface area contributed by atoms with Gasteiger partial charge >= 0.3 is 0 Å². The van der Waals surface area contributed by atoms with Gasteiger partial charge in [-0.1, -0.05) is 47.5 Å². The highest BCUT2D eigenvalue weighted by atomic mass is 35.5. The number of nitrogens with one attached hydrogen (secondary N) is 1. The first-order valence-electron chi connectivity index (χ1n) is 6.24. The molecule has 100 valence electrons. The van der Waals surface area contributed by atoms with E-state index in [0.29, 0.717) is 16.6 Å². The molecule has 20 heavy (non-hydrogen) atoms. The zero-order valence-electron chi connectivity index (χ0n) is 10.6. The van der Waals surface area contributed by atoms with Crippen molar-refractivity contribution in [1.82, 2.24) is 4.98 Å². The van der Waals surface area contributed by atoms with Crippen LogP contribution >= 0.6 is 23.2 Å². The van der Waals surface area contributed by atoms with E-state index in [1.165, 1.54) is 5.39 Å². The molecule has 0 aliphatic heterocycles. The minimum atomic E-state index is 0.616. The SMILES string of the molecule is Clc1ccc(NCc2cncc3ccccc23)c(Cl)c1. The lowest BCUT2D eigenvalue weighted by atomic mass is 10.1. The Hall–Kier alpha value is -1.77. The van der Waals surface area contributed by atoms with Crippen LogP contribution in [-0.4, -0.2) is 4.98 Å². The van der Waals surface area contributed by atoms with Gasteiger partial charge in [-0.3, -0.25) is 4.98 Å². The van der Waals surface area contributed by atoms with Gasteiger partial charge in [0.25, 0.3) is 0 Å². The first-order chi connectivity index (χ1) is 9.74. The third-order valence-corrected chi connectivity index (χ3v) is 3.70. The fourth-order valence-electron chi connectivity index (χ4n) is 2.14. The van der Waals surface area contributed by atoms with Gasteiger partial charge in [-0.25, -0.2) is 0 Å². The molecule has 2 nitrogen and oxygen atoms in total. The molecule has 0 radical (unpaired) electrons. The molecular weight excluding hydrogens is 291 g/mol. The number of rotatable bonds is 3. The number of hydrogen-bond donors (Lipinski definition) is 1. The lowest BCUT2D eigenvalue weighted by Gasteiger charge is -2.10. The summed E-state index contributed by atoms with van der Waals surface area (Å²) >= 11 is 12.0. The van der Waals surface area contributed by atoms with E-state index in [0.717, 1.165) is 16.6 Å². The van der Waals surface area contributed by atoms with Gasteiger partial charge in [0.05, 0.1) is 10.7 Å². The predicted molar refractivity (Wildman–Crippen MR) is 85.5 cm³/mol. The first kappa shape index (κ1) is 13.2. The van der Waals surface area contributed by atoms with E-state index in [9.17, 15) is 0 Å². The molecule has 0 bridgehead atoms. The molecular formula is C16H12Cl2N2. The molecule has 0 saturated carbocycles. The van der Waals surface area contributed by atoms with E-state index in [1.54, 1.807) is 6.07 Å². The van der Waals surface area contributed by atoms with Gasteiger partial charge in [0, 0.05) is 29.3 Å². The number of pyridine rings is 1. The van der Waals surface area contributed by atoms with E-state index in [4.69, 9.17) is 23.2 Å². The second kappa shape index (κ2) is 5.70. The Morgan fingerprint density at radius 3 is 2.70 bits per heavy atom. The predicted octanol–water partition coefficient (Wildman–Crippen LogP) is 5.15. The molecule has 0 spiro atoms. The standard InChI is InChI=1S/C16H12Cl2N2/c17-13-5-6-16(15(18)7-13)20-10-12-9-19-8-11-3-1-2-4-14(11)12/h1-9,20H,10H2. The van der Waals surface area contributed by atoms with Crippen molar-refractivity contribution in [3.05, 3.63) is 70.5 Å². The Bertz CT molecular complexity index is 751. The van der Waals surface area contributed by atoms with E-state index < -0.39 is 0 Å². The molecule has 0 saturated heterocycles. The number of benzene rings is 2. The zero-order valence-corrected chi connectivity index (χ0v) is 12.1. The van der Waals surface area contributed by atoms with Crippen molar-refractivity contribution in [2.45, 2.75) is 6.54 Å². The lowest BCUT2D eigenvalue weighted by Crippen LogP contribution is -2.01. The van der Waals surface area contributed by atoms with Gasteiger partial charge in [-0.05, 0) is 29.1 Å². The monoisotopic (exact) mass is 302 g/mol. The van der Waals surface area contributed by atoms with Crippen LogP contribution in [0.4, 0.5) is 5.69 Å². The van der Waals surface area contributed by atoms with Crippen molar-refractivity contribution >= 4 is 39.7 Å². The summed E-state index contributed by atoms with van der Waals surface area (Å²) in [7, 11) is 0. The third kappa shape index (κ3) is 2.72. The average Bonchev–Trinajstić information content (AvgIpc) is 2.46. The molecule has 3 aromatic rings. The topological polar surface area (TPSA) is 24.9 Å². The fourth-order valence-corrected chi connectivity index (χ4v) is 2.62. The fraction of sp³-hybridized carbons (Fsp3) is 0.0625. The Balaban J connectivity index is 1.87. The normalized spacial score (nSPS) is 10.7. The Labute approximate surface area is 127 Å². The van der Waals surface area contributed by atoms with Gasteiger partial charge in [0.1, 0.15) is 0 Å². The Morgan fingerprint density at radius 2 is 1.85 bits per heavy atom. The molecule has 0 aliphatic rings. The van der Waals surface area contributed by atoms with Crippen LogP contribution in [0, 0.1) is 0 Å². The van der Waals surface area contributed by atoms with Crippen LogP contribution in [0.1, 0.15) is 5.56 Å². The highest BCUT2D eigenvalue weighted by Crippen LogP contribution is 2.26. The van der Waals surface area contributed by atoms with Gasteiger partial charge in [-0.15, -0.1) is 0 Å². The number of anilines is 1. The summed E-state index contributed by atoms with van der Waals surface area (Å²) < 4.78 is 0. The summed E-state index contributed by atoms with van der Waals surface area (Å²) in [5.74, 6) is 0. The van der Waals surface area contributed by atoms with E-state index in [-0.39, 0.29) is 0 Å². The van der Waals surface area contributed by atoms with Crippen molar-refractivity contribution in [1.29, 1.82) is 0 Å². The smallest absolute Gasteiger partial charge is 0.0652 e. The summed E-state index contributed by atoms with van der Waals surface area (Å²) in [5.41, 5.74) is 2.00. The van der Waals surface area contributed by atoms with Crippen LogP contribution in [0.3, 0.4) is 0 Å². The number of hydrogen-bond acceptors (Lipinski definition) is 2. The average molecular weight is 303 g/mol. The number of nitrogens with zero attached hydrogens (tertiary/aromatic N) is 1. The van der Waals surface area contributed by atoms with Gasteiger partial charge in [-0.2, -0.15) is 0 Å². The minimum absolute atomic E-state index is 0.616. The number of aromatic nitrogens is 1. The molecule has 1 N–H and O–H groups in total. The second-order valence-electron chi connectivity index (χ2n) is 4.50. The quantitative estimate of drug-likeness (QED) is 0.723. The number of fused-ring (bicyclic) bond motifs is 1. The lowest BCUT2D eigenvalue weighted by molar-refractivity contribution is 1.14. The van der Waals surface area contributed by atoms with Crippen LogP contribution in [0.15, 0.2) is 54.9 Å². The Kier molecular flexibility index (Phi) is 3.77. The molecule has 3 rings (SSSR count). The van der Waals surface area contributed by atoms with E-state index in [1.807, 2.05) is 36.7 Å². The van der Waals surface area contributed by atoms with Crippen LogP contribution < -0.4 is 5.32 Å². The van der Waals surface area contributed by atoms with Crippen molar-refractivity contribution in [3.8, 4) is 0 Å². The largest absolute Gasteiger partial charge is 0.380 e. The molecule has 0 amide bonds. The summed E-state index contributed by atoms with van der Waals surface area (Å²) in [6.07, 6.45) is 3.74. The van der Waals surface area contributed by atoms with Gasteiger partial charge in [0.15, 0.2) is 0 Å². The van der Waals surface area contributed by atoms with E-state index >= 15 is 0 Å². The third-order valence-electron chi connectivity index (χ3n) is 3.15. The van der Waals surface area contributed by atoms with Crippen LogP contribution in [0.2, 0.25) is 10.0 Å². The van der Waals surface area contributed by atoms with Gasteiger partial charge in [0.2, 0.25) is 0 Å². The Morgan fingerprint density at radius 1 is 1.00 bits per heavy atom. The van der Waals surface area contributed by atoms with E-state index in [2.05, 4.69) is 22.4 Å². The first-order valence-corrected chi connectivity index (χ1v) is 7.00. The second-order valence-corrected chi connectivity index (χ2v) is 5.34. The number of halogens is 2. The molecule has 0 aliphatic carbocycles. The van der Waals surface area contributed by atoms with Crippen LogP contribution in [0.25, 0.3) is 10.8 Å². The summed E-state index contributed by atoms with van der Waals surface area (Å²) in [4.78, 5) is 4.27. The summed E-state index contributed by atoms with van der Waals surface area (Å²) in [6.45, 7) is 0.662. The molecule has 0 unspecified atom stereocenters. The maximum absolute atomic E-state index is 6.15. The van der Waals surface area contributed by atoms with Crippen molar-refractivity contribution in [2.24, 2.45) is 0 Å². The molecule has 1 heterocycles. The highest BCUT2D eigenvalue weighted by molar-refractivity contribution is 6.36. The summed E-state index contributed by atoms with van der Waals surface area (Å²) in [6, 6.07) is 13.6. The molecule has 4 heteroatoms. The minimum Gasteiger partial charge on any atom is -0.380 e. The van der Waals surface area contributed by atoms with Crippen LogP contribution in [-0.2, 0) is 6.54 Å².